The highest BCUT2D eigenvalue weighted by molar-refractivity contribution is 5.75. The molecule has 1 unspecified atom stereocenters. The molecule has 0 aliphatic carbocycles. The minimum atomic E-state index is 0.126. The van der Waals surface area contributed by atoms with Crippen LogP contribution in [0.1, 0.15) is 38.7 Å². The van der Waals surface area contributed by atoms with E-state index in [0.29, 0.717) is 18.3 Å². The summed E-state index contributed by atoms with van der Waals surface area (Å²) in [7, 11) is 0. The zero-order valence-corrected chi connectivity index (χ0v) is 10.4. The van der Waals surface area contributed by atoms with E-state index in [1.54, 1.807) is 0 Å². The van der Waals surface area contributed by atoms with Crippen LogP contribution in [0, 0.1) is 5.92 Å². The highest BCUT2D eigenvalue weighted by Crippen LogP contribution is 2.23. The van der Waals surface area contributed by atoms with Crippen LogP contribution in [0.4, 0.5) is 0 Å². The van der Waals surface area contributed by atoms with Crippen LogP contribution in [0.5, 0.6) is 0 Å². The number of rotatable bonds is 5. The van der Waals surface area contributed by atoms with Crippen LogP contribution in [-0.2, 0) is 4.79 Å². The maximum atomic E-state index is 11.3. The fourth-order valence-electron chi connectivity index (χ4n) is 1.79. The molecule has 0 saturated heterocycles. The van der Waals surface area contributed by atoms with Gasteiger partial charge in [-0.15, -0.1) is 0 Å². The highest BCUT2D eigenvalue weighted by atomic mass is 16.1. The van der Waals surface area contributed by atoms with E-state index in [0.717, 1.165) is 6.54 Å². The van der Waals surface area contributed by atoms with Gasteiger partial charge in [0.15, 0.2) is 0 Å². The molecule has 0 aliphatic rings. The Hall–Kier alpha value is -1.31. The van der Waals surface area contributed by atoms with Crippen molar-refractivity contribution in [3.8, 4) is 0 Å². The molecule has 2 heteroatoms. The van der Waals surface area contributed by atoms with Gasteiger partial charge in [0.2, 0.25) is 5.91 Å². The topological polar surface area (TPSA) is 29.1 Å². The van der Waals surface area contributed by atoms with Crippen molar-refractivity contribution in [3.05, 3.63) is 35.9 Å². The fraction of sp³-hybridized carbons (Fsp3) is 0.500. The lowest BCUT2D eigenvalue weighted by Gasteiger charge is -2.21. The summed E-state index contributed by atoms with van der Waals surface area (Å²) >= 11 is 0. The molecule has 0 fully saturated rings. The number of hydrogen-bond acceptors (Lipinski definition) is 1. The van der Waals surface area contributed by atoms with Gasteiger partial charge in [-0.2, -0.15) is 0 Å². The highest BCUT2D eigenvalue weighted by Gasteiger charge is 2.15. The van der Waals surface area contributed by atoms with Crippen LogP contribution in [0.15, 0.2) is 30.3 Å². The second-order valence-corrected chi connectivity index (χ2v) is 4.42. The molecule has 2 nitrogen and oxygen atoms in total. The Labute approximate surface area is 98.1 Å². The van der Waals surface area contributed by atoms with Crippen molar-refractivity contribution in [1.82, 2.24) is 5.32 Å². The van der Waals surface area contributed by atoms with Gasteiger partial charge in [0, 0.05) is 18.9 Å². The smallest absolute Gasteiger partial charge is 0.219 e. The van der Waals surface area contributed by atoms with Crippen molar-refractivity contribution in [1.29, 1.82) is 0 Å². The summed E-state index contributed by atoms with van der Waals surface area (Å²) in [6.07, 6.45) is 0.555. The van der Waals surface area contributed by atoms with Crippen LogP contribution >= 0.6 is 0 Å². The van der Waals surface area contributed by atoms with Crippen LogP contribution in [0.3, 0.4) is 0 Å². The first kappa shape index (κ1) is 12.8. The maximum absolute atomic E-state index is 11.3. The molecule has 0 aliphatic heterocycles. The Kier molecular flexibility index (Phi) is 5.03. The van der Waals surface area contributed by atoms with E-state index in [1.165, 1.54) is 5.56 Å². The van der Waals surface area contributed by atoms with Gasteiger partial charge in [-0.1, -0.05) is 51.1 Å². The Morgan fingerprint density at radius 3 is 2.38 bits per heavy atom. The molecule has 16 heavy (non-hydrogen) atoms. The lowest BCUT2D eigenvalue weighted by Crippen LogP contribution is -2.29. The van der Waals surface area contributed by atoms with Crippen LogP contribution in [0.2, 0.25) is 0 Å². The van der Waals surface area contributed by atoms with E-state index < -0.39 is 0 Å². The Morgan fingerprint density at radius 1 is 1.25 bits per heavy atom. The monoisotopic (exact) mass is 219 g/mol. The van der Waals surface area contributed by atoms with Crippen molar-refractivity contribution in [2.45, 2.75) is 33.1 Å². The average molecular weight is 219 g/mol. The van der Waals surface area contributed by atoms with Gasteiger partial charge in [0.25, 0.3) is 0 Å². The van der Waals surface area contributed by atoms with E-state index in [-0.39, 0.29) is 5.91 Å². The van der Waals surface area contributed by atoms with E-state index in [1.807, 2.05) is 25.1 Å². The largest absolute Gasteiger partial charge is 0.355 e. The number of carbonyl (C=O) groups excluding carboxylic acids is 1. The van der Waals surface area contributed by atoms with Gasteiger partial charge in [-0.3, -0.25) is 4.79 Å². The van der Waals surface area contributed by atoms with E-state index in [4.69, 9.17) is 0 Å². The van der Waals surface area contributed by atoms with E-state index in [2.05, 4.69) is 31.3 Å². The maximum Gasteiger partial charge on any atom is 0.219 e. The number of amides is 1. The average Bonchev–Trinajstić information content (AvgIpc) is 2.30. The zero-order valence-electron chi connectivity index (χ0n) is 10.4. The summed E-state index contributed by atoms with van der Waals surface area (Å²) in [4.78, 5) is 11.3. The molecular formula is C14H21NO. The molecule has 1 aromatic rings. The third-order valence-electron chi connectivity index (χ3n) is 2.87. The molecule has 88 valence electrons. The molecule has 0 radical (unpaired) electrons. The number of carbonyl (C=O) groups is 1. The van der Waals surface area contributed by atoms with Crippen LogP contribution in [0.25, 0.3) is 0 Å². The number of hydrogen-bond donors (Lipinski definition) is 1. The summed E-state index contributed by atoms with van der Waals surface area (Å²) in [5, 5.41) is 2.97. The molecule has 0 aromatic heterocycles. The second-order valence-electron chi connectivity index (χ2n) is 4.42. The number of nitrogens with one attached hydrogen (secondary N) is 1. The van der Waals surface area contributed by atoms with Gasteiger partial charge >= 0.3 is 0 Å². The minimum Gasteiger partial charge on any atom is -0.355 e. The zero-order chi connectivity index (χ0) is 12.0. The molecular weight excluding hydrogens is 198 g/mol. The third-order valence-corrected chi connectivity index (χ3v) is 2.87. The quantitative estimate of drug-likeness (QED) is 0.810. The second kappa shape index (κ2) is 6.31. The molecule has 0 heterocycles. The molecule has 1 atom stereocenters. The van der Waals surface area contributed by atoms with Gasteiger partial charge in [-0.25, -0.2) is 0 Å². The Morgan fingerprint density at radius 2 is 1.88 bits per heavy atom. The van der Waals surface area contributed by atoms with Crippen molar-refractivity contribution >= 4 is 5.91 Å². The summed E-state index contributed by atoms with van der Waals surface area (Å²) in [5.74, 6) is 1.05. The molecule has 0 bridgehead atoms. The van der Waals surface area contributed by atoms with Gasteiger partial charge in [-0.05, 0) is 11.5 Å². The molecule has 0 spiro atoms. The molecule has 1 amide bonds. The van der Waals surface area contributed by atoms with Crippen LogP contribution < -0.4 is 5.32 Å². The third kappa shape index (κ3) is 3.69. The van der Waals surface area contributed by atoms with Crippen LogP contribution in [-0.4, -0.2) is 12.5 Å². The summed E-state index contributed by atoms with van der Waals surface area (Å²) in [5.41, 5.74) is 1.30. The first-order valence-corrected chi connectivity index (χ1v) is 5.96. The lowest BCUT2D eigenvalue weighted by molar-refractivity contribution is -0.120. The predicted octanol–water partition coefficient (Wildman–Crippen LogP) is 2.95. The molecule has 1 rings (SSSR count). The van der Waals surface area contributed by atoms with Crippen molar-refractivity contribution in [2.75, 3.05) is 6.54 Å². The normalized spacial score (nSPS) is 12.5. The Bertz CT molecular complexity index is 319. The lowest BCUT2D eigenvalue weighted by atomic mass is 9.88. The minimum absolute atomic E-state index is 0.126. The molecule has 1 N–H and O–H groups in total. The van der Waals surface area contributed by atoms with Crippen molar-refractivity contribution in [3.63, 3.8) is 0 Å². The summed E-state index contributed by atoms with van der Waals surface area (Å²) < 4.78 is 0. The van der Waals surface area contributed by atoms with Crippen molar-refractivity contribution < 1.29 is 4.79 Å². The molecule has 1 aromatic carbocycles. The fourth-order valence-corrected chi connectivity index (χ4v) is 1.79. The first-order chi connectivity index (χ1) is 7.65. The Balaban J connectivity index is 2.66. The SMILES string of the molecule is CCC(=O)NCC(c1ccccc1)C(C)C. The van der Waals surface area contributed by atoms with Crippen molar-refractivity contribution in [2.24, 2.45) is 5.92 Å². The summed E-state index contributed by atoms with van der Waals surface area (Å²) in [6.45, 7) is 6.99. The number of benzene rings is 1. The first-order valence-electron chi connectivity index (χ1n) is 5.96. The predicted molar refractivity (Wildman–Crippen MR) is 67.3 cm³/mol. The van der Waals surface area contributed by atoms with Gasteiger partial charge < -0.3 is 5.32 Å². The standard InChI is InChI=1S/C14H21NO/c1-4-14(16)15-10-13(11(2)3)12-8-6-5-7-9-12/h5-9,11,13H,4,10H2,1-3H3,(H,15,16). The summed E-state index contributed by atoms with van der Waals surface area (Å²) in [6, 6.07) is 10.4. The van der Waals surface area contributed by atoms with E-state index in [9.17, 15) is 4.79 Å². The van der Waals surface area contributed by atoms with E-state index >= 15 is 0 Å². The molecule has 0 saturated carbocycles. The van der Waals surface area contributed by atoms with Gasteiger partial charge in [0.1, 0.15) is 0 Å². The van der Waals surface area contributed by atoms with Gasteiger partial charge in [0.05, 0.1) is 0 Å².